The first-order valence-electron chi connectivity index (χ1n) is 26.3. The summed E-state index contributed by atoms with van der Waals surface area (Å²) in [4.78, 5) is 75.4. The molecule has 2 aromatic carbocycles. The van der Waals surface area contributed by atoms with Gasteiger partial charge in [0.25, 0.3) is 64.1 Å². The van der Waals surface area contributed by atoms with E-state index in [4.69, 9.17) is 9.47 Å². The zero-order valence-corrected chi connectivity index (χ0v) is 51.4. The van der Waals surface area contributed by atoms with Crippen LogP contribution in [0.2, 0.25) is 0 Å². The normalized spacial score (nSPS) is 13.9. The van der Waals surface area contributed by atoms with Crippen LogP contribution in [-0.2, 0) is 56.1 Å². The van der Waals surface area contributed by atoms with Gasteiger partial charge in [0, 0.05) is 55.7 Å². The van der Waals surface area contributed by atoms with Crippen molar-refractivity contribution in [2.24, 2.45) is 0 Å². The molecule has 0 fully saturated rings. The van der Waals surface area contributed by atoms with Crippen molar-refractivity contribution < 1.29 is 90.4 Å². The number of methoxy groups -OCH3 is 2. The Kier molecular flexibility index (Phi) is 22.7. The molecule has 1 aliphatic rings. The molecule has 9 N–H and O–H groups in total. The van der Waals surface area contributed by atoms with Crippen molar-refractivity contribution in [1.82, 2.24) is 31.2 Å². The lowest BCUT2D eigenvalue weighted by Gasteiger charge is -2.30. The SMILES string of the molecule is C=C(/C=C/C=C1/N(CCCCCC(=O)O)c2c(OC)cc(-c3cc(C(=O)NCCS(=O)(=O)O)nc(C(=O)NCCS(=O)(=O)O)c3)cc2C1(C)C)C(C)(C)c1cc(-c2cc(C(=O)NCCS(=O)(=O)O)nc(C(=O)NCCS(=O)(=O)O)c2)cc(OC)c1C. The van der Waals surface area contributed by atoms with Crippen LogP contribution in [0.3, 0.4) is 0 Å². The maximum atomic E-state index is 13.4. The Labute approximate surface area is 498 Å². The van der Waals surface area contributed by atoms with E-state index < -0.39 is 130 Å². The number of unbranched alkanes of at least 4 members (excludes halogenated alkanes) is 2. The topological polar surface area (TPSA) is 419 Å². The lowest BCUT2D eigenvalue weighted by molar-refractivity contribution is -0.137. The number of allylic oxidation sites excluding steroid dienone is 5. The Morgan fingerprint density at radius 1 is 0.605 bits per heavy atom. The van der Waals surface area contributed by atoms with Gasteiger partial charge >= 0.3 is 5.97 Å². The number of carbonyl (C=O) groups is 5. The second-order valence-electron chi connectivity index (χ2n) is 20.9. The highest BCUT2D eigenvalue weighted by Crippen LogP contribution is 2.54. The maximum Gasteiger partial charge on any atom is 0.303 e. The molecule has 31 heteroatoms. The first-order chi connectivity index (χ1) is 39.8. The van der Waals surface area contributed by atoms with E-state index >= 15 is 0 Å². The van der Waals surface area contributed by atoms with E-state index in [1.165, 1.54) is 38.5 Å². The highest BCUT2D eigenvalue weighted by Gasteiger charge is 2.42. The number of aliphatic carboxylic acids is 1. The average Bonchev–Trinajstić information content (AvgIpc) is 1.56. The Bertz CT molecular complexity index is 3710. The minimum atomic E-state index is -4.48. The van der Waals surface area contributed by atoms with Gasteiger partial charge in [0.15, 0.2) is 0 Å². The van der Waals surface area contributed by atoms with Crippen molar-refractivity contribution in [3.63, 3.8) is 0 Å². The van der Waals surface area contributed by atoms with Crippen LogP contribution < -0.4 is 35.6 Å². The molecule has 0 radical (unpaired) electrons. The summed E-state index contributed by atoms with van der Waals surface area (Å²) in [5, 5.41) is 18.7. The molecule has 0 unspecified atom stereocenters. The van der Waals surface area contributed by atoms with Crippen LogP contribution in [0.4, 0.5) is 5.69 Å². The smallest absolute Gasteiger partial charge is 0.303 e. The van der Waals surface area contributed by atoms with Gasteiger partial charge in [-0.15, -0.1) is 0 Å². The van der Waals surface area contributed by atoms with Crippen LogP contribution in [0.1, 0.15) is 112 Å². The molecular formula is C55H69N7O20S4. The average molecular weight is 1280 g/mol. The van der Waals surface area contributed by atoms with Gasteiger partial charge in [-0.25, -0.2) is 9.97 Å². The molecule has 468 valence electrons. The Balaban J connectivity index is 1.60. The van der Waals surface area contributed by atoms with E-state index in [1.54, 1.807) is 30.4 Å². The van der Waals surface area contributed by atoms with E-state index in [0.717, 1.165) is 5.70 Å². The number of nitrogens with zero attached hydrogens (tertiary/aromatic N) is 3. The second-order valence-corrected chi connectivity index (χ2v) is 27.2. The Morgan fingerprint density at radius 2 is 0.988 bits per heavy atom. The molecule has 3 heterocycles. The molecule has 0 bridgehead atoms. The van der Waals surface area contributed by atoms with Gasteiger partial charge in [-0.3, -0.25) is 42.2 Å². The van der Waals surface area contributed by atoms with E-state index in [0.29, 0.717) is 76.4 Å². The first kappa shape index (κ1) is 69.1. The predicted octanol–water partition coefficient (Wildman–Crippen LogP) is 4.32. The van der Waals surface area contributed by atoms with Gasteiger partial charge in [0.05, 0.1) is 42.9 Å². The van der Waals surface area contributed by atoms with Crippen LogP contribution >= 0.6 is 0 Å². The number of aromatic nitrogens is 2. The van der Waals surface area contributed by atoms with Gasteiger partial charge in [-0.05, 0) is 119 Å². The quantitative estimate of drug-likeness (QED) is 0.0199. The van der Waals surface area contributed by atoms with Gasteiger partial charge in [-0.2, -0.15) is 33.7 Å². The molecule has 4 aromatic rings. The highest BCUT2D eigenvalue weighted by molar-refractivity contribution is 7.86. The third-order valence-electron chi connectivity index (χ3n) is 13.9. The number of hydrogen-bond donors (Lipinski definition) is 9. The summed E-state index contributed by atoms with van der Waals surface area (Å²) in [6.07, 6.45) is 6.95. The van der Waals surface area contributed by atoms with Crippen molar-refractivity contribution in [2.75, 3.05) is 74.9 Å². The zero-order chi connectivity index (χ0) is 64.3. The van der Waals surface area contributed by atoms with Crippen molar-refractivity contribution in [2.45, 2.75) is 71.1 Å². The first-order valence-corrected chi connectivity index (χ1v) is 32.8. The van der Waals surface area contributed by atoms with Gasteiger partial charge in [0.2, 0.25) is 0 Å². The number of carbonyl (C=O) groups excluding carboxylic acids is 4. The molecule has 0 saturated carbocycles. The fourth-order valence-corrected chi connectivity index (χ4v) is 10.7. The number of rotatable bonds is 30. The van der Waals surface area contributed by atoms with Crippen molar-refractivity contribution >= 4 is 75.8 Å². The van der Waals surface area contributed by atoms with E-state index in [1.807, 2.05) is 51.7 Å². The van der Waals surface area contributed by atoms with E-state index in [9.17, 15) is 81.0 Å². The number of anilines is 1. The number of amides is 4. The zero-order valence-electron chi connectivity index (χ0n) is 48.1. The van der Waals surface area contributed by atoms with Gasteiger partial charge in [0.1, 0.15) is 34.3 Å². The molecule has 2 aromatic heterocycles. The summed E-state index contributed by atoms with van der Waals surface area (Å²) in [7, 11) is -15.0. The summed E-state index contributed by atoms with van der Waals surface area (Å²) in [5.74, 6) is -7.21. The molecule has 1 aliphatic heterocycles. The third-order valence-corrected chi connectivity index (χ3v) is 16.8. The van der Waals surface area contributed by atoms with Crippen LogP contribution in [0.15, 0.2) is 84.6 Å². The molecule has 0 aliphatic carbocycles. The summed E-state index contributed by atoms with van der Waals surface area (Å²) in [6.45, 7) is 12.3. The molecule has 27 nitrogen and oxygen atoms in total. The van der Waals surface area contributed by atoms with Crippen molar-refractivity contribution in [3.05, 3.63) is 124 Å². The molecule has 5 rings (SSSR count). The van der Waals surface area contributed by atoms with Crippen molar-refractivity contribution in [1.29, 1.82) is 0 Å². The summed E-state index contributed by atoms with van der Waals surface area (Å²) < 4.78 is 140. The molecule has 0 spiro atoms. The molecule has 86 heavy (non-hydrogen) atoms. The highest BCUT2D eigenvalue weighted by atomic mass is 32.2. The lowest BCUT2D eigenvalue weighted by Crippen LogP contribution is -2.32. The molecule has 0 saturated heterocycles. The van der Waals surface area contributed by atoms with Crippen LogP contribution in [0.5, 0.6) is 11.5 Å². The fraction of sp³-hybridized carbons (Fsp3) is 0.400. The number of fused-ring (bicyclic) bond motifs is 1. The maximum absolute atomic E-state index is 13.4. The number of benzene rings is 2. The molecule has 4 amide bonds. The van der Waals surface area contributed by atoms with E-state index in [2.05, 4.69) is 37.8 Å². The Morgan fingerprint density at radius 3 is 1.37 bits per heavy atom. The van der Waals surface area contributed by atoms with Crippen molar-refractivity contribution in [3.8, 4) is 33.8 Å². The minimum Gasteiger partial charge on any atom is -0.496 e. The summed E-state index contributed by atoms with van der Waals surface area (Å²) >= 11 is 0. The number of hydrogen-bond acceptors (Lipinski definition) is 18. The fourth-order valence-electron chi connectivity index (χ4n) is 9.28. The number of carboxylic acids is 1. The number of carboxylic acid groups (broad SMARTS) is 1. The van der Waals surface area contributed by atoms with Crippen LogP contribution in [0, 0.1) is 6.92 Å². The largest absolute Gasteiger partial charge is 0.496 e. The monoisotopic (exact) mass is 1280 g/mol. The second kappa shape index (κ2) is 28.2. The number of ether oxygens (including phenoxy) is 2. The number of pyridine rings is 2. The third kappa shape index (κ3) is 19.2. The lowest BCUT2D eigenvalue weighted by atomic mass is 9.75. The van der Waals surface area contributed by atoms with Crippen LogP contribution in [-0.4, -0.2) is 167 Å². The predicted molar refractivity (Wildman–Crippen MR) is 318 cm³/mol. The van der Waals surface area contributed by atoms with Gasteiger partial charge < -0.3 is 40.7 Å². The summed E-state index contributed by atoms with van der Waals surface area (Å²) in [6, 6.07) is 12.3. The Hall–Kier alpha value is -7.65. The summed E-state index contributed by atoms with van der Waals surface area (Å²) in [5.41, 5.74) is 2.15. The standard InChI is InChI=1S/C55H69N7O20S4/c1-33(54(3,4)39-25-35(31-45(81-7)34(39)2)37-27-41(50(65)56-16-21-83(69,70)71)60-42(28-37)51(66)57-17-22-84(72,73)74)13-12-14-47-55(5,6)40-26-36(32-46(82-8)49(40)62(47)20-11-9-10-15-48(63)64)38-29-43(52(67)58-18-23-85(75,76)77)61-44(30-38)53(68)59-19-24-86(78,79)80/h12-14,25-32H,1,9-11,15-24H2,2-8H3,(H,56,65)(H,57,66)(H,58,67)(H,59,68)(H,63,64)(H,69,70,71)(H,72,73,74)(H,75,76,77)(H,78,79,80)/b13-12+,47-14+. The van der Waals surface area contributed by atoms with Gasteiger partial charge in [-0.1, -0.05) is 52.8 Å². The minimum absolute atomic E-state index is 0.0394. The molecule has 0 atom stereocenters. The van der Waals surface area contributed by atoms with Crippen LogP contribution in [0.25, 0.3) is 22.3 Å². The molecular weight excluding hydrogens is 1210 g/mol. The van der Waals surface area contributed by atoms with E-state index in [-0.39, 0.29) is 40.3 Å². The number of nitrogens with one attached hydrogen (secondary N) is 4.